The molecule has 0 heterocycles. The normalized spacial score (nSPS) is 11.1. The number of carbonyl (C=O) groups excluding carboxylic acids is 1. The highest BCUT2D eigenvalue weighted by Crippen LogP contribution is 2.17. The zero-order valence-electron chi connectivity index (χ0n) is 12.2. The maximum Gasteiger partial charge on any atom is 0.222 e. The number of halogens is 1. The molecule has 1 atom stereocenters. The summed E-state index contributed by atoms with van der Waals surface area (Å²) in [5, 5.41) is 2.83. The van der Waals surface area contributed by atoms with E-state index in [1.165, 1.54) is 0 Å². The van der Waals surface area contributed by atoms with Crippen molar-refractivity contribution in [1.29, 1.82) is 0 Å². The second-order valence-corrected chi connectivity index (χ2v) is 4.28. The third-order valence-corrected chi connectivity index (χ3v) is 2.81. The minimum Gasteiger partial charge on any atom is -0.489 e. The summed E-state index contributed by atoms with van der Waals surface area (Å²) in [4.78, 5) is 11.8. The summed E-state index contributed by atoms with van der Waals surface area (Å²) in [5.74, 6) is 0.649. The van der Waals surface area contributed by atoms with Crippen LogP contribution in [0.5, 0.6) is 5.75 Å². The number of rotatable bonds is 9. The second-order valence-electron chi connectivity index (χ2n) is 4.28. The third-order valence-electron chi connectivity index (χ3n) is 2.81. The molecule has 0 aromatic heterocycles. The fourth-order valence-electron chi connectivity index (χ4n) is 1.68. The fourth-order valence-corrected chi connectivity index (χ4v) is 1.68. The van der Waals surface area contributed by atoms with Crippen molar-refractivity contribution in [2.45, 2.75) is 19.1 Å². The molecule has 118 valence electrons. The van der Waals surface area contributed by atoms with E-state index < -0.39 is 0 Å². The highest BCUT2D eigenvalue weighted by atomic mass is 35.5. The van der Waals surface area contributed by atoms with Crippen molar-refractivity contribution in [3.05, 3.63) is 42.5 Å². The van der Waals surface area contributed by atoms with Gasteiger partial charge in [0.2, 0.25) is 5.91 Å². The summed E-state index contributed by atoms with van der Waals surface area (Å²) >= 11 is 0. The SMILES string of the molecule is C=CCOc1ccccc1CNC(=O)CC(CN)OC.Cl. The average Bonchev–Trinajstić information content (AvgIpc) is 2.49. The van der Waals surface area contributed by atoms with E-state index in [1.807, 2.05) is 24.3 Å². The van der Waals surface area contributed by atoms with Crippen molar-refractivity contribution in [3.63, 3.8) is 0 Å². The topological polar surface area (TPSA) is 73.6 Å². The van der Waals surface area contributed by atoms with Crippen molar-refractivity contribution in [2.24, 2.45) is 5.73 Å². The molecule has 5 nitrogen and oxygen atoms in total. The number of hydrogen-bond acceptors (Lipinski definition) is 4. The Labute approximate surface area is 131 Å². The standard InChI is InChI=1S/C15H22N2O3.ClH/c1-3-8-20-14-7-5-4-6-12(14)11-17-15(18)9-13(10-16)19-2;/h3-7,13H,1,8-11,16H2,2H3,(H,17,18);1H. The number of amides is 1. The van der Waals surface area contributed by atoms with Gasteiger partial charge in [0, 0.05) is 25.8 Å². The Kier molecular flexibility index (Phi) is 10.3. The van der Waals surface area contributed by atoms with Gasteiger partial charge in [0.1, 0.15) is 12.4 Å². The molecule has 0 saturated heterocycles. The van der Waals surface area contributed by atoms with Gasteiger partial charge in [-0.2, -0.15) is 0 Å². The van der Waals surface area contributed by atoms with E-state index in [4.69, 9.17) is 15.2 Å². The summed E-state index contributed by atoms with van der Waals surface area (Å²) in [6, 6.07) is 7.57. The lowest BCUT2D eigenvalue weighted by atomic mass is 10.2. The van der Waals surface area contributed by atoms with Crippen molar-refractivity contribution >= 4 is 18.3 Å². The number of hydrogen-bond donors (Lipinski definition) is 2. The van der Waals surface area contributed by atoms with Gasteiger partial charge in [-0.1, -0.05) is 30.9 Å². The maximum absolute atomic E-state index is 11.8. The van der Waals surface area contributed by atoms with Crippen LogP contribution >= 0.6 is 12.4 Å². The molecule has 6 heteroatoms. The van der Waals surface area contributed by atoms with Gasteiger partial charge in [0.05, 0.1) is 12.5 Å². The molecule has 0 spiro atoms. The molecule has 1 rings (SSSR count). The van der Waals surface area contributed by atoms with Gasteiger partial charge < -0.3 is 20.5 Å². The van der Waals surface area contributed by atoms with Crippen LogP contribution in [0.3, 0.4) is 0 Å². The number of methoxy groups -OCH3 is 1. The monoisotopic (exact) mass is 314 g/mol. The summed E-state index contributed by atoms with van der Waals surface area (Å²) in [5.41, 5.74) is 6.40. The quantitative estimate of drug-likeness (QED) is 0.680. The smallest absolute Gasteiger partial charge is 0.222 e. The van der Waals surface area contributed by atoms with Gasteiger partial charge in [0.25, 0.3) is 0 Å². The van der Waals surface area contributed by atoms with Gasteiger partial charge in [-0.25, -0.2) is 0 Å². The van der Waals surface area contributed by atoms with E-state index >= 15 is 0 Å². The first-order chi connectivity index (χ1) is 9.71. The summed E-state index contributed by atoms with van der Waals surface area (Å²) in [7, 11) is 1.54. The average molecular weight is 315 g/mol. The van der Waals surface area contributed by atoms with E-state index in [-0.39, 0.29) is 30.8 Å². The third kappa shape index (κ3) is 7.13. The number of para-hydroxylation sites is 1. The Bertz CT molecular complexity index is 437. The molecule has 0 aliphatic heterocycles. The van der Waals surface area contributed by atoms with Crippen molar-refractivity contribution in [1.82, 2.24) is 5.32 Å². The largest absolute Gasteiger partial charge is 0.489 e. The second kappa shape index (κ2) is 11.1. The molecule has 0 radical (unpaired) electrons. The maximum atomic E-state index is 11.8. The summed E-state index contributed by atoms with van der Waals surface area (Å²) in [6.07, 6.45) is 1.69. The van der Waals surface area contributed by atoms with Crippen LogP contribution in [0.2, 0.25) is 0 Å². The molecule has 0 bridgehead atoms. The van der Waals surface area contributed by atoms with Gasteiger partial charge in [-0.15, -0.1) is 12.4 Å². The van der Waals surface area contributed by atoms with E-state index in [0.29, 0.717) is 19.7 Å². The predicted molar refractivity (Wildman–Crippen MR) is 85.7 cm³/mol. The minimum atomic E-state index is -0.248. The summed E-state index contributed by atoms with van der Waals surface area (Å²) < 4.78 is 10.6. The van der Waals surface area contributed by atoms with Crippen molar-refractivity contribution in [2.75, 3.05) is 20.3 Å². The van der Waals surface area contributed by atoms with Gasteiger partial charge in [-0.05, 0) is 6.07 Å². The first-order valence-electron chi connectivity index (χ1n) is 6.52. The molecule has 1 aromatic carbocycles. The Balaban J connectivity index is 0.00000400. The van der Waals surface area contributed by atoms with Crippen molar-refractivity contribution in [3.8, 4) is 5.75 Å². The molecule has 0 fully saturated rings. The number of nitrogens with one attached hydrogen (secondary N) is 1. The number of carbonyl (C=O) groups is 1. The number of benzene rings is 1. The van der Waals surface area contributed by atoms with Crippen molar-refractivity contribution < 1.29 is 14.3 Å². The van der Waals surface area contributed by atoms with Crippen LogP contribution in [0.25, 0.3) is 0 Å². The molecule has 0 aliphatic carbocycles. The molecule has 0 saturated carbocycles. The van der Waals surface area contributed by atoms with Crippen LogP contribution in [0.1, 0.15) is 12.0 Å². The highest BCUT2D eigenvalue weighted by Gasteiger charge is 2.11. The van der Waals surface area contributed by atoms with E-state index in [2.05, 4.69) is 11.9 Å². The Hall–Kier alpha value is -1.56. The predicted octanol–water partition coefficient (Wildman–Crippen LogP) is 1.65. The van der Waals surface area contributed by atoms with Crippen LogP contribution in [0, 0.1) is 0 Å². The molecular weight excluding hydrogens is 292 g/mol. The van der Waals surface area contributed by atoms with E-state index in [1.54, 1.807) is 13.2 Å². The van der Waals surface area contributed by atoms with E-state index in [0.717, 1.165) is 11.3 Å². The zero-order valence-corrected chi connectivity index (χ0v) is 13.0. The lowest BCUT2D eigenvalue weighted by molar-refractivity contribution is -0.123. The highest BCUT2D eigenvalue weighted by molar-refractivity contribution is 5.85. The Morgan fingerprint density at radius 1 is 1.48 bits per heavy atom. The Morgan fingerprint density at radius 2 is 2.19 bits per heavy atom. The lowest BCUT2D eigenvalue weighted by Gasteiger charge is -2.14. The fraction of sp³-hybridized carbons (Fsp3) is 0.400. The van der Waals surface area contributed by atoms with Gasteiger partial charge >= 0.3 is 0 Å². The zero-order chi connectivity index (χ0) is 14.8. The first kappa shape index (κ1) is 19.4. The first-order valence-corrected chi connectivity index (χ1v) is 6.52. The summed E-state index contributed by atoms with van der Waals surface area (Å²) in [6.45, 7) is 4.78. The van der Waals surface area contributed by atoms with Crippen LogP contribution < -0.4 is 15.8 Å². The molecule has 3 N–H and O–H groups in total. The Morgan fingerprint density at radius 3 is 2.81 bits per heavy atom. The molecule has 0 aliphatic rings. The van der Waals surface area contributed by atoms with Crippen LogP contribution in [-0.2, 0) is 16.1 Å². The van der Waals surface area contributed by atoms with Crippen LogP contribution in [0.15, 0.2) is 36.9 Å². The van der Waals surface area contributed by atoms with Gasteiger partial charge in [0.15, 0.2) is 0 Å². The molecular formula is C15H23ClN2O3. The lowest BCUT2D eigenvalue weighted by Crippen LogP contribution is -2.32. The van der Waals surface area contributed by atoms with Crippen LogP contribution in [0.4, 0.5) is 0 Å². The van der Waals surface area contributed by atoms with Crippen LogP contribution in [-0.4, -0.2) is 32.3 Å². The van der Waals surface area contributed by atoms with E-state index in [9.17, 15) is 4.79 Å². The molecule has 1 amide bonds. The molecule has 1 aromatic rings. The molecule has 21 heavy (non-hydrogen) atoms. The molecule has 1 unspecified atom stereocenters. The number of nitrogens with two attached hydrogens (primary N) is 1. The van der Waals surface area contributed by atoms with Gasteiger partial charge in [-0.3, -0.25) is 4.79 Å². The minimum absolute atomic E-state index is 0. The number of ether oxygens (including phenoxy) is 2.